The summed E-state index contributed by atoms with van der Waals surface area (Å²) in [6.07, 6.45) is 8.08. The lowest BCUT2D eigenvalue weighted by molar-refractivity contribution is 0.141. The fourth-order valence-electron chi connectivity index (χ4n) is 3.01. The summed E-state index contributed by atoms with van der Waals surface area (Å²) in [5.74, 6) is 0.712. The Bertz CT molecular complexity index is 345. The molecule has 1 aromatic carbocycles. The van der Waals surface area contributed by atoms with E-state index in [1.807, 2.05) is 30.3 Å². The van der Waals surface area contributed by atoms with E-state index in [9.17, 15) is 4.39 Å². The van der Waals surface area contributed by atoms with Gasteiger partial charge in [0.15, 0.2) is 0 Å². The van der Waals surface area contributed by atoms with Crippen molar-refractivity contribution >= 4 is 0 Å². The fraction of sp³-hybridized carbons (Fsp3) is 0.625. The highest BCUT2D eigenvalue weighted by Gasteiger charge is 2.31. The van der Waals surface area contributed by atoms with Gasteiger partial charge in [-0.2, -0.15) is 0 Å². The van der Waals surface area contributed by atoms with Crippen LogP contribution in [-0.4, -0.2) is 6.54 Å². The van der Waals surface area contributed by atoms with Gasteiger partial charge >= 0.3 is 0 Å². The summed E-state index contributed by atoms with van der Waals surface area (Å²) < 4.78 is 14.9. The number of hydrogen-bond donors (Lipinski definition) is 1. The van der Waals surface area contributed by atoms with Crippen LogP contribution in [0.4, 0.5) is 4.39 Å². The zero-order chi connectivity index (χ0) is 12.8. The maximum absolute atomic E-state index is 14.9. The van der Waals surface area contributed by atoms with Crippen LogP contribution in [0.15, 0.2) is 30.3 Å². The normalized spacial score (nSPS) is 20.6. The molecule has 1 atom stereocenters. The highest BCUT2D eigenvalue weighted by atomic mass is 19.1. The van der Waals surface area contributed by atoms with Crippen LogP contribution in [0.5, 0.6) is 0 Å². The summed E-state index contributed by atoms with van der Waals surface area (Å²) in [6, 6.07) is 9.41. The van der Waals surface area contributed by atoms with Gasteiger partial charge < -0.3 is 5.73 Å². The molecule has 0 spiro atoms. The first-order chi connectivity index (χ1) is 8.74. The number of benzene rings is 1. The molecule has 0 heterocycles. The van der Waals surface area contributed by atoms with Crippen molar-refractivity contribution in [1.29, 1.82) is 0 Å². The van der Waals surface area contributed by atoms with E-state index in [0.717, 1.165) is 12.0 Å². The second-order valence-electron chi connectivity index (χ2n) is 5.58. The first kappa shape index (κ1) is 13.5. The molecular formula is C16H24FN. The Morgan fingerprint density at radius 3 is 2.39 bits per heavy atom. The van der Waals surface area contributed by atoms with Crippen LogP contribution < -0.4 is 5.73 Å². The average molecular weight is 249 g/mol. The SMILES string of the molecule is NCC(F)(CCC1CCCCC1)c1ccccc1. The average Bonchev–Trinajstić information content (AvgIpc) is 2.47. The van der Waals surface area contributed by atoms with Gasteiger partial charge in [0.2, 0.25) is 0 Å². The highest BCUT2D eigenvalue weighted by Crippen LogP contribution is 2.35. The van der Waals surface area contributed by atoms with Crippen molar-refractivity contribution in [3.05, 3.63) is 35.9 Å². The van der Waals surface area contributed by atoms with Gasteiger partial charge in [0.05, 0.1) is 0 Å². The molecule has 18 heavy (non-hydrogen) atoms. The summed E-state index contributed by atoms with van der Waals surface area (Å²) in [6.45, 7) is 0.0870. The maximum atomic E-state index is 14.9. The second kappa shape index (κ2) is 6.33. The van der Waals surface area contributed by atoms with Crippen LogP contribution in [0.3, 0.4) is 0 Å². The maximum Gasteiger partial charge on any atom is 0.148 e. The summed E-state index contributed by atoms with van der Waals surface area (Å²) >= 11 is 0. The molecule has 1 aliphatic carbocycles. The van der Waals surface area contributed by atoms with Gasteiger partial charge in [0, 0.05) is 6.54 Å². The monoisotopic (exact) mass is 249 g/mol. The highest BCUT2D eigenvalue weighted by molar-refractivity contribution is 5.22. The quantitative estimate of drug-likeness (QED) is 0.832. The lowest BCUT2D eigenvalue weighted by Crippen LogP contribution is -2.31. The van der Waals surface area contributed by atoms with Crippen LogP contribution >= 0.6 is 0 Å². The van der Waals surface area contributed by atoms with Crippen molar-refractivity contribution in [3.8, 4) is 0 Å². The first-order valence-electron chi connectivity index (χ1n) is 7.19. The van der Waals surface area contributed by atoms with Crippen LogP contribution in [0.25, 0.3) is 0 Å². The predicted molar refractivity (Wildman–Crippen MR) is 74.1 cm³/mol. The number of rotatable bonds is 5. The summed E-state index contributed by atoms with van der Waals surface area (Å²) in [5.41, 5.74) is 5.08. The molecule has 0 saturated heterocycles. The minimum Gasteiger partial charge on any atom is -0.327 e. The van der Waals surface area contributed by atoms with E-state index in [1.54, 1.807) is 0 Å². The Labute approximate surface area is 110 Å². The van der Waals surface area contributed by atoms with Crippen LogP contribution in [-0.2, 0) is 5.67 Å². The molecule has 0 amide bonds. The van der Waals surface area contributed by atoms with E-state index in [4.69, 9.17) is 5.73 Å². The summed E-state index contributed by atoms with van der Waals surface area (Å²) in [4.78, 5) is 0. The van der Waals surface area contributed by atoms with Gasteiger partial charge in [-0.1, -0.05) is 62.4 Å². The van der Waals surface area contributed by atoms with Gasteiger partial charge in [-0.3, -0.25) is 0 Å². The smallest absolute Gasteiger partial charge is 0.148 e. The van der Waals surface area contributed by atoms with Gasteiger partial charge in [-0.05, 0) is 24.3 Å². The topological polar surface area (TPSA) is 26.0 Å². The Balaban J connectivity index is 1.95. The second-order valence-corrected chi connectivity index (χ2v) is 5.58. The third-order valence-corrected chi connectivity index (χ3v) is 4.29. The van der Waals surface area contributed by atoms with Crippen molar-refractivity contribution in [1.82, 2.24) is 0 Å². The molecule has 1 nitrogen and oxygen atoms in total. The molecule has 2 heteroatoms. The molecule has 100 valence electrons. The Kier molecular flexibility index (Phi) is 4.76. The first-order valence-corrected chi connectivity index (χ1v) is 7.19. The van der Waals surface area contributed by atoms with E-state index in [2.05, 4.69) is 0 Å². The van der Waals surface area contributed by atoms with Crippen LogP contribution in [0.2, 0.25) is 0 Å². The van der Waals surface area contributed by atoms with Crippen LogP contribution in [0.1, 0.15) is 50.5 Å². The van der Waals surface area contributed by atoms with Crippen LogP contribution in [0, 0.1) is 5.92 Å². The Hall–Kier alpha value is -0.890. The molecular weight excluding hydrogens is 225 g/mol. The zero-order valence-corrected chi connectivity index (χ0v) is 11.1. The standard InChI is InChI=1S/C16H24FN/c17-16(13-18,15-9-5-2-6-10-15)12-11-14-7-3-1-4-8-14/h2,5-6,9-10,14H,1,3-4,7-8,11-13,18H2. The lowest BCUT2D eigenvalue weighted by atomic mass is 9.81. The molecule has 1 fully saturated rings. The Morgan fingerprint density at radius 1 is 1.11 bits per heavy atom. The molecule has 2 N–H and O–H groups in total. The van der Waals surface area contributed by atoms with E-state index < -0.39 is 5.67 Å². The molecule has 1 aliphatic rings. The Morgan fingerprint density at radius 2 is 1.78 bits per heavy atom. The number of alkyl halides is 1. The largest absolute Gasteiger partial charge is 0.327 e. The molecule has 1 unspecified atom stereocenters. The molecule has 2 rings (SSSR count). The van der Waals surface area contributed by atoms with Crippen molar-refractivity contribution in [2.75, 3.05) is 6.54 Å². The molecule has 1 saturated carbocycles. The van der Waals surface area contributed by atoms with E-state index >= 15 is 0 Å². The number of hydrogen-bond acceptors (Lipinski definition) is 1. The van der Waals surface area contributed by atoms with Gasteiger partial charge in [-0.15, -0.1) is 0 Å². The summed E-state index contributed by atoms with van der Waals surface area (Å²) in [7, 11) is 0. The number of nitrogens with two attached hydrogens (primary N) is 1. The van der Waals surface area contributed by atoms with E-state index in [-0.39, 0.29) is 6.54 Å². The van der Waals surface area contributed by atoms with Crippen molar-refractivity contribution in [2.45, 2.75) is 50.6 Å². The van der Waals surface area contributed by atoms with Gasteiger partial charge in [-0.25, -0.2) is 4.39 Å². The molecule has 0 bridgehead atoms. The third-order valence-electron chi connectivity index (χ3n) is 4.29. The van der Waals surface area contributed by atoms with E-state index in [1.165, 1.54) is 32.1 Å². The number of halogens is 1. The zero-order valence-electron chi connectivity index (χ0n) is 11.1. The fourth-order valence-corrected chi connectivity index (χ4v) is 3.01. The predicted octanol–water partition coefficient (Wildman–Crippen LogP) is 4.17. The summed E-state index contributed by atoms with van der Waals surface area (Å²) in [5, 5.41) is 0. The van der Waals surface area contributed by atoms with Gasteiger partial charge in [0.25, 0.3) is 0 Å². The van der Waals surface area contributed by atoms with E-state index in [0.29, 0.717) is 12.3 Å². The molecule has 0 aliphatic heterocycles. The lowest BCUT2D eigenvalue weighted by Gasteiger charge is -2.28. The minimum absolute atomic E-state index is 0.0870. The van der Waals surface area contributed by atoms with Crippen molar-refractivity contribution in [2.24, 2.45) is 11.7 Å². The van der Waals surface area contributed by atoms with Crippen molar-refractivity contribution < 1.29 is 4.39 Å². The van der Waals surface area contributed by atoms with Crippen molar-refractivity contribution in [3.63, 3.8) is 0 Å². The molecule has 1 aromatic rings. The third kappa shape index (κ3) is 3.32. The minimum atomic E-state index is -1.33. The molecule has 0 radical (unpaired) electrons. The van der Waals surface area contributed by atoms with Gasteiger partial charge in [0.1, 0.15) is 5.67 Å². The molecule has 0 aromatic heterocycles.